The van der Waals surface area contributed by atoms with E-state index in [-0.39, 0.29) is 28.8 Å². The lowest BCUT2D eigenvalue weighted by atomic mass is 9.68. The zero-order chi connectivity index (χ0) is 18.0. The van der Waals surface area contributed by atoms with Crippen LogP contribution in [-0.4, -0.2) is 12.1 Å². The molecule has 2 rings (SSSR count). The highest BCUT2D eigenvalue weighted by Crippen LogP contribution is 2.43. The summed E-state index contributed by atoms with van der Waals surface area (Å²) >= 11 is 0. The molecular weight excluding hydrogens is 296 g/mol. The third-order valence-electron chi connectivity index (χ3n) is 6.39. The Bertz CT molecular complexity index is 407. The third kappa shape index (κ3) is 4.99. The first-order valence-electron chi connectivity index (χ1n) is 10.3. The minimum absolute atomic E-state index is 0.00894. The number of rotatable bonds is 3. The van der Waals surface area contributed by atoms with E-state index < -0.39 is 0 Å². The van der Waals surface area contributed by atoms with Crippen LogP contribution in [0.3, 0.4) is 0 Å². The van der Waals surface area contributed by atoms with Crippen molar-refractivity contribution >= 4 is 5.97 Å². The molecule has 0 amide bonds. The average Bonchev–Trinajstić information content (AvgIpc) is 2.46. The van der Waals surface area contributed by atoms with Crippen molar-refractivity contribution in [2.24, 2.45) is 28.6 Å². The molecule has 0 radical (unpaired) electrons. The normalized spacial score (nSPS) is 28.4. The van der Waals surface area contributed by atoms with Gasteiger partial charge in [0.2, 0.25) is 0 Å². The molecule has 3 atom stereocenters. The van der Waals surface area contributed by atoms with Crippen molar-refractivity contribution in [3.63, 3.8) is 0 Å². The fourth-order valence-corrected chi connectivity index (χ4v) is 5.17. The standard InChI is InChI=1S/C22H40O2/c1-21(2,3)17-14-10-11-15-18(17)24-20(23)19(22(4,5)6)16-12-8-7-9-13-16/h16-19H,7-15H2,1-6H3. The van der Waals surface area contributed by atoms with Crippen molar-refractivity contribution < 1.29 is 9.53 Å². The predicted molar refractivity (Wildman–Crippen MR) is 101 cm³/mol. The van der Waals surface area contributed by atoms with Crippen molar-refractivity contribution in [1.29, 1.82) is 0 Å². The largest absolute Gasteiger partial charge is 0.462 e. The highest BCUT2D eigenvalue weighted by atomic mass is 16.5. The molecular formula is C22H40O2. The minimum Gasteiger partial charge on any atom is -0.462 e. The SMILES string of the molecule is CC(C)(C)C1CCCCC1OC(=O)C(C1CCCCC1)C(C)(C)C. The molecule has 0 aliphatic heterocycles. The second-order valence-electron chi connectivity index (χ2n) is 10.5. The van der Waals surface area contributed by atoms with Crippen molar-refractivity contribution in [2.45, 2.75) is 105 Å². The molecule has 0 N–H and O–H groups in total. The summed E-state index contributed by atoms with van der Waals surface area (Å²) in [4.78, 5) is 13.2. The minimum atomic E-state index is -0.00894. The Balaban J connectivity index is 2.11. The van der Waals surface area contributed by atoms with Crippen LogP contribution in [0.1, 0.15) is 99.3 Å². The lowest BCUT2D eigenvalue weighted by Crippen LogP contribution is -2.43. The van der Waals surface area contributed by atoms with E-state index in [9.17, 15) is 4.79 Å². The van der Waals surface area contributed by atoms with Crippen molar-refractivity contribution in [3.8, 4) is 0 Å². The van der Waals surface area contributed by atoms with Crippen LogP contribution in [0.15, 0.2) is 0 Å². The van der Waals surface area contributed by atoms with Crippen molar-refractivity contribution in [3.05, 3.63) is 0 Å². The summed E-state index contributed by atoms with van der Waals surface area (Å²) in [7, 11) is 0. The Morgan fingerprint density at radius 3 is 1.92 bits per heavy atom. The Hall–Kier alpha value is -0.530. The van der Waals surface area contributed by atoms with Gasteiger partial charge in [-0.15, -0.1) is 0 Å². The lowest BCUT2D eigenvalue weighted by Gasteiger charge is -2.42. The fourth-order valence-electron chi connectivity index (χ4n) is 5.17. The van der Waals surface area contributed by atoms with Gasteiger partial charge in [-0.3, -0.25) is 4.79 Å². The molecule has 2 saturated carbocycles. The smallest absolute Gasteiger partial charge is 0.310 e. The van der Waals surface area contributed by atoms with E-state index >= 15 is 0 Å². The molecule has 0 aromatic carbocycles. The monoisotopic (exact) mass is 336 g/mol. The quantitative estimate of drug-likeness (QED) is 0.559. The predicted octanol–water partition coefficient (Wildman–Crippen LogP) is 6.38. The lowest BCUT2D eigenvalue weighted by molar-refractivity contribution is -0.169. The van der Waals surface area contributed by atoms with E-state index in [1.54, 1.807) is 0 Å². The van der Waals surface area contributed by atoms with Gasteiger partial charge in [0.15, 0.2) is 0 Å². The topological polar surface area (TPSA) is 26.3 Å². The summed E-state index contributed by atoms with van der Waals surface area (Å²) in [5, 5.41) is 0. The van der Waals surface area contributed by atoms with Gasteiger partial charge in [0, 0.05) is 5.92 Å². The second-order valence-corrected chi connectivity index (χ2v) is 10.5. The molecule has 2 aliphatic carbocycles. The van der Waals surface area contributed by atoms with Gasteiger partial charge in [-0.25, -0.2) is 0 Å². The summed E-state index contributed by atoms with van der Waals surface area (Å²) in [5.41, 5.74) is 0.207. The molecule has 0 spiro atoms. The average molecular weight is 337 g/mol. The van der Waals surface area contributed by atoms with Gasteiger partial charge in [-0.1, -0.05) is 67.2 Å². The van der Waals surface area contributed by atoms with Crippen molar-refractivity contribution in [1.82, 2.24) is 0 Å². The summed E-state index contributed by atoms with van der Waals surface area (Å²) < 4.78 is 6.23. The molecule has 0 saturated heterocycles. The summed E-state index contributed by atoms with van der Waals surface area (Å²) in [6.45, 7) is 13.5. The maximum Gasteiger partial charge on any atom is 0.310 e. The number of hydrogen-bond donors (Lipinski definition) is 0. The molecule has 2 fully saturated rings. The Morgan fingerprint density at radius 2 is 1.38 bits per heavy atom. The van der Waals surface area contributed by atoms with Crippen LogP contribution in [0, 0.1) is 28.6 Å². The molecule has 0 bridgehead atoms. The molecule has 3 unspecified atom stereocenters. The van der Waals surface area contributed by atoms with Gasteiger partial charge >= 0.3 is 5.97 Å². The third-order valence-corrected chi connectivity index (χ3v) is 6.39. The van der Waals surface area contributed by atoms with Crippen LogP contribution >= 0.6 is 0 Å². The van der Waals surface area contributed by atoms with E-state index in [2.05, 4.69) is 41.5 Å². The zero-order valence-electron chi connectivity index (χ0n) is 17.0. The fraction of sp³-hybridized carbons (Fsp3) is 0.955. The van der Waals surface area contributed by atoms with E-state index in [4.69, 9.17) is 4.74 Å². The van der Waals surface area contributed by atoms with Crippen molar-refractivity contribution in [2.75, 3.05) is 0 Å². The first-order valence-corrected chi connectivity index (χ1v) is 10.3. The number of ether oxygens (including phenoxy) is 1. The highest BCUT2D eigenvalue weighted by Gasteiger charge is 2.43. The second kappa shape index (κ2) is 7.79. The molecule has 140 valence electrons. The van der Waals surface area contributed by atoms with Crippen LogP contribution < -0.4 is 0 Å². The molecule has 24 heavy (non-hydrogen) atoms. The molecule has 2 aliphatic rings. The van der Waals surface area contributed by atoms with Gasteiger partial charge < -0.3 is 4.74 Å². The Morgan fingerprint density at radius 1 is 0.833 bits per heavy atom. The van der Waals surface area contributed by atoms with Gasteiger partial charge in [-0.2, -0.15) is 0 Å². The van der Waals surface area contributed by atoms with Crippen LogP contribution in [0.25, 0.3) is 0 Å². The molecule has 2 nitrogen and oxygen atoms in total. The first kappa shape index (κ1) is 19.8. The van der Waals surface area contributed by atoms with E-state index in [1.807, 2.05) is 0 Å². The van der Waals surface area contributed by atoms with Crippen LogP contribution in [-0.2, 0) is 9.53 Å². The maximum atomic E-state index is 13.2. The Kier molecular flexibility index (Phi) is 6.42. The molecule has 0 aromatic heterocycles. The van der Waals surface area contributed by atoms with E-state index in [1.165, 1.54) is 51.4 Å². The summed E-state index contributed by atoms with van der Waals surface area (Å²) in [6.07, 6.45) is 11.1. The van der Waals surface area contributed by atoms with Gasteiger partial charge in [0.25, 0.3) is 0 Å². The van der Waals surface area contributed by atoms with Crippen LogP contribution in [0.2, 0.25) is 0 Å². The molecule has 0 aromatic rings. The van der Waals surface area contributed by atoms with Crippen LogP contribution in [0.4, 0.5) is 0 Å². The number of carbonyl (C=O) groups is 1. The van der Waals surface area contributed by atoms with Gasteiger partial charge in [0.1, 0.15) is 6.10 Å². The van der Waals surface area contributed by atoms with E-state index in [0.717, 1.165) is 6.42 Å². The molecule has 0 heterocycles. The van der Waals surface area contributed by atoms with Gasteiger partial charge in [-0.05, 0) is 48.9 Å². The number of carbonyl (C=O) groups excluding carboxylic acids is 1. The summed E-state index contributed by atoms with van der Waals surface area (Å²) in [6, 6.07) is 0. The zero-order valence-corrected chi connectivity index (χ0v) is 17.0. The number of hydrogen-bond acceptors (Lipinski definition) is 2. The first-order chi connectivity index (χ1) is 11.1. The van der Waals surface area contributed by atoms with Gasteiger partial charge in [0.05, 0.1) is 5.92 Å². The Labute approximate surface area is 150 Å². The summed E-state index contributed by atoms with van der Waals surface area (Å²) in [5.74, 6) is 1.17. The molecule has 2 heteroatoms. The van der Waals surface area contributed by atoms with E-state index in [0.29, 0.717) is 11.8 Å². The van der Waals surface area contributed by atoms with Crippen LogP contribution in [0.5, 0.6) is 0 Å². The number of esters is 1. The maximum absolute atomic E-state index is 13.2. The highest BCUT2D eigenvalue weighted by molar-refractivity contribution is 5.74.